The maximum absolute atomic E-state index is 6.33. The quantitative estimate of drug-likeness (QED) is 0.849. The molecule has 1 N–H and O–H groups in total. The second-order valence-electron chi connectivity index (χ2n) is 4.48. The summed E-state index contributed by atoms with van der Waals surface area (Å²) in [5, 5.41) is 8.92. The molecule has 0 amide bonds. The summed E-state index contributed by atoms with van der Waals surface area (Å²) in [5.41, 5.74) is 1.80. The molecule has 0 aromatic carbocycles. The van der Waals surface area contributed by atoms with Crippen molar-refractivity contribution in [1.82, 2.24) is 20.1 Å². The summed E-state index contributed by atoms with van der Waals surface area (Å²) < 4.78 is 6.96. The van der Waals surface area contributed by atoms with Gasteiger partial charge in [-0.1, -0.05) is 30.1 Å². The van der Waals surface area contributed by atoms with Crippen LogP contribution in [0.1, 0.15) is 24.2 Å². The summed E-state index contributed by atoms with van der Waals surface area (Å²) in [6.45, 7) is 4.00. The Morgan fingerprint density at radius 1 is 1.33 bits per heavy atom. The van der Waals surface area contributed by atoms with Crippen LogP contribution in [0.25, 0.3) is 0 Å². The number of hydrogen-bond donors (Lipinski definition) is 1. The van der Waals surface area contributed by atoms with Crippen LogP contribution in [0, 0.1) is 0 Å². The Morgan fingerprint density at radius 3 is 2.81 bits per heavy atom. The van der Waals surface area contributed by atoms with E-state index in [1.54, 1.807) is 25.7 Å². The number of rotatable bonds is 7. The van der Waals surface area contributed by atoms with Gasteiger partial charge in [0.25, 0.3) is 0 Å². The number of nitrogens with one attached hydrogen (secondary N) is 1. The highest BCUT2D eigenvalue weighted by Gasteiger charge is 2.23. The van der Waals surface area contributed by atoms with Gasteiger partial charge in [-0.05, 0) is 18.2 Å². The fraction of sp³-hybridized carbons (Fsp3) is 0.429. The Kier molecular flexibility index (Phi) is 5.99. The first-order valence-electron chi connectivity index (χ1n) is 6.72. The largest absolute Gasteiger partial charge is 0.383 e. The minimum absolute atomic E-state index is 0.141. The third-order valence-corrected chi connectivity index (χ3v) is 3.74. The summed E-state index contributed by atoms with van der Waals surface area (Å²) >= 11 is 12.6. The van der Waals surface area contributed by atoms with Crippen LogP contribution >= 0.6 is 23.2 Å². The van der Waals surface area contributed by atoms with Gasteiger partial charge < -0.3 is 10.1 Å². The molecule has 2 aromatic rings. The molecule has 0 spiro atoms. The molecule has 0 fully saturated rings. The smallest absolute Gasteiger partial charge is 0.0837 e. The number of halogens is 2. The van der Waals surface area contributed by atoms with E-state index in [4.69, 9.17) is 27.9 Å². The predicted molar refractivity (Wildman–Crippen MR) is 83.9 cm³/mol. The van der Waals surface area contributed by atoms with Crippen LogP contribution in [0.3, 0.4) is 0 Å². The molecule has 0 saturated carbocycles. The van der Waals surface area contributed by atoms with Gasteiger partial charge in [-0.25, -0.2) is 0 Å². The van der Waals surface area contributed by atoms with Crippen molar-refractivity contribution in [2.24, 2.45) is 0 Å². The first kappa shape index (κ1) is 16.2. The lowest BCUT2D eigenvalue weighted by Crippen LogP contribution is -2.26. The van der Waals surface area contributed by atoms with Gasteiger partial charge in [0.2, 0.25) is 0 Å². The van der Waals surface area contributed by atoms with Crippen molar-refractivity contribution in [3.8, 4) is 0 Å². The summed E-state index contributed by atoms with van der Waals surface area (Å²) in [7, 11) is 1.66. The minimum Gasteiger partial charge on any atom is -0.383 e. The van der Waals surface area contributed by atoms with Crippen LogP contribution in [0.5, 0.6) is 0 Å². The Morgan fingerprint density at radius 2 is 2.14 bits per heavy atom. The summed E-state index contributed by atoms with van der Waals surface area (Å²) in [5.74, 6) is 0. The van der Waals surface area contributed by atoms with Crippen molar-refractivity contribution in [3.63, 3.8) is 0 Å². The lowest BCUT2D eigenvalue weighted by atomic mass is 10.0. The van der Waals surface area contributed by atoms with Gasteiger partial charge in [-0.3, -0.25) is 9.67 Å². The third kappa shape index (κ3) is 3.74. The summed E-state index contributed by atoms with van der Waals surface area (Å²) in [6, 6.07) is 1.75. The molecule has 1 atom stereocenters. The fourth-order valence-corrected chi connectivity index (χ4v) is 2.67. The van der Waals surface area contributed by atoms with Gasteiger partial charge in [0.15, 0.2) is 0 Å². The van der Waals surface area contributed by atoms with E-state index >= 15 is 0 Å². The first-order chi connectivity index (χ1) is 10.2. The zero-order chi connectivity index (χ0) is 15.2. The first-order valence-corrected chi connectivity index (χ1v) is 7.47. The van der Waals surface area contributed by atoms with Crippen LogP contribution in [0.4, 0.5) is 0 Å². The lowest BCUT2D eigenvalue weighted by Gasteiger charge is -2.21. The van der Waals surface area contributed by atoms with Crippen molar-refractivity contribution < 1.29 is 4.74 Å². The second kappa shape index (κ2) is 7.75. The van der Waals surface area contributed by atoms with Crippen molar-refractivity contribution >= 4 is 23.2 Å². The van der Waals surface area contributed by atoms with E-state index in [0.29, 0.717) is 23.2 Å². The van der Waals surface area contributed by atoms with E-state index in [-0.39, 0.29) is 6.04 Å². The van der Waals surface area contributed by atoms with E-state index in [9.17, 15) is 0 Å². The third-order valence-electron chi connectivity index (χ3n) is 3.14. The van der Waals surface area contributed by atoms with Crippen LogP contribution < -0.4 is 5.32 Å². The maximum atomic E-state index is 6.33. The standard InChI is InChI=1S/C14H18Cl2N4O/c1-3-18-13(10-4-5-17-8-11(10)15)14-12(16)9-19-20(14)6-7-21-2/h4-5,8-9,13,18H,3,6-7H2,1-2H3. The van der Waals surface area contributed by atoms with Crippen molar-refractivity contribution in [2.75, 3.05) is 20.3 Å². The summed E-state index contributed by atoms with van der Waals surface area (Å²) in [6.07, 6.45) is 4.99. The minimum atomic E-state index is -0.141. The number of nitrogens with zero attached hydrogens (tertiary/aromatic N) is 3. The number of aromatic nitrogens is 3. The van der Waals surface area contributed by atoms with Crippen LogP contribution in [-0.2, 0) is 11.3 Å². The van der Waals surface area contributed by atoms with E-state index in [1.807, 2.05) is 17.7 Å². The fourth-order valence-electron chi connectivity index (χ4n) is 2.19. The zero-order valence-corrected chi connectivity index (χ0v) is 13.5. The van der Waals surface area contributed by atoms with Crippen molar-refractivity contribution in [2.45, 2.75) is 19.5 Å². The molecule has 0 bridgehead atoms. The van der Waals surface area contributed by atoms with E-state index in [0.717, 1.165) is 17.8 Å². The topological polar surface area (TPSA) is 52.0 Å². The highest BCUT2D eigenvalue weighted by Crippen LogP contribution is 2.31. The molecule has 2 heterocycles. The van der Waals surface area contributed by atoms with E-state index in [2.05, 4.69) is 15.4 Å². The summed E-state index contributed by atoms with van der Waals surface area (Å²) in [4.78, 5) is 4.03. The number of pyridine rings is 1. The average Bonchev–Trinajstić information content (AvgIpc) is 2.84. The molecule has 21 heavy (non-hydrogen) atoms. The van der Waals surface area contributed by atoms with E-state index in [1.165, 1.54) is 0 Å². The highest BCUT2D eigenvalue weighted by molar-refractivity contribution is 6.32. The predicted octanol–water partition coefficient (Wildman–Crippen LogP) is 2.93. The molecule has 0 aliphatic heterocycles. The molecule has 5 nitrogen and oxygen atoms in total. The molecule has 114 valence electrons. The lowest BCUT2D eigenvalue weighted by molar-refractivity contribution is 0.182. The van der Waals surface area contributed by atoms with Crippen LogP contribution in [-0.4, -0.2) is 35.0 Å². The van der Waals surface area contributed by atoms with Crippen LogP contribution in [0.15, 0.2) is 24.7 Å². The van der Waals surface area contributed by atoms with Gasteiger partial charge >= 0.3 is 0 Å². The molecule has 7 heteroatoms. The Bertz CT molecular complexity index is 588. The molecule has 0 saturated heterocycles. The van der Waals surface area contributed by atoms with Gasteiger partial charge in [-0.2, -0.15) is 5.10 Å². The monoisotopic (exact) mass is 328 g/mol. The van der Waals surface area contributed by atoms with E-state index < -0.39 is 0 Å². The Balaban J connectivity index is 2.43. The van der Waals surface area contributed by atoms with Crippen molar-refractivity contribution in [3.05, 3.63) is 46.0 Å². The Hall–Kier alpha value is -1.14. The molecular weight excluding hydrogens is 311 g/mol. The van der Waals surface area contributed by atoms with Crippen LogP contribution in [0.2, 0.25) is 10.0 Å². The maximum Gasteiger partial charge on any atom is 0.0837 e. The van der Waals surface area contributed by atoms with Gasteiger partial charge in [0.05, 0.1) is 41.1 Å². The highest BCUT2D eigenvalue weighted by atomic mass is 35.5. The number of methoxy groups -OCH3 is 1. The number of hydrogen-bond acceptors (Lipinski definition) is 4. The molecule has 2 rings (SSSR count). The molecule has 0 aliphatic rings. The average molecular weight is 329 g/mol. The molecule has 0 radical (unpaired) electrons. The van der Waals surface area contributed by atoms with Gasteiger partial charge in [0.1, 0.15) is 0 Å². The molecule has 0 aliphatic carbocycles. The van der Waals surface area contributed by atoms with Gasteiger partial charge in [0, 0.05) is 19.5 Å². The van der Waals surface area contributed by atoms with Crippen molar-refractivity contribution in [1.29, 1.82) is 0 Å². The molecular formula is C14H18Cl2N4O. The Labute approximate surface area is 134 Å². The SMILES string of the molecule is CCNC(c1ccncc1Cl)c1c(Cl)cnn1CCOC. The molecule has 2 aromatic heterocycles. The molecule has 1 unspecified atom stereocenters. The normalized spacial score (nSPS) is 12.6. The second-order valence-corrected chi connectivity index (χ2v) is 5.30. The van der Waals surface area contributed by atoms with Gasteiger partial charge in [-0.15, -0.1) is 0 Å². The number of ether oxygens (including phenoxy) is 1. The zero-order valence-electron chi connectivity index (χ0n) is 12.0.